The van der Waals surface area contributed by atoms with Gasteiger partial charge >= 0.3 is 0 Å². The molecular weight excluding hydrogens is 354 g/mol. The van der Waals surface area contributed by atoms with Crippen molar-refractivity contribution < 1.29 is 19.1 Å². The number of aryl methyl sites for hydroxylation is 1. The Labute approximate surface area is 166 Å². The van der Waals surface area contributed by atoms with Crippen LogP contribution in [0.25, 0.3) is 11.0 Å². The predicted octanol–water partition coefficient (Wildman–Crippen LogP) is 4.30. The lowest BCUT2D eigenvalue weighted by atomic mass is 9.76. The van der Waals surface area contributed by atoms with Gasteiger partial charge in [0.1, 0.15) is 11.3 Å². The van der Waals surface area contributed by atoms with Crippen molar-refractivity contribution in [3.05, 3.63) is 35.6 Å². The highest BCUT2D eigenvalue weighted by atomic mass is 16.5. The number of aliphatic hydroxyl groups is 1. The Kier molecular flexibility index (Phi) is 4.79. The maximum Gasteiger partial charge on any atom is 0.253 e. The third kappa shape index (κ3) is 3.70. The minimum atomic E-state index is -0.327. The number of carbonyl (C=O) groups excluding carboxylic acids is 1. The fourth-order valence-corrected chi connectivity index (χ4v) is 4.62. The highest BCUT2D eigenvalue weighted by Crippen LogP contribution is 2.42. The van der Waals surface area contributed by atoms with E-state index in [9.17, 15) is 9.90 Å². The van der Waals surface area contributed by atoms with E-state index in [-0.39, 0.29) is 29.1 Å². The quantitative estimate of drug-likeness (QED) is 0.795. The van der Waals surface area contributed by atoms with Crippen molar-refractivity contribution >= 4 is 16.9 Å². The lowest BCUT2D eigenvalue weighted by Gasteiger charge is -2.50. The van der Waals surface area contributed by atoms with Crippen molar-refractivity contribution in [2.24, 2.45) is 5.41 Å². The zero-order valence-corrected chi connectivity index (χ0v) is 17.3. The van der Waals surface area contributed by atoms with Crippen LogP contribution in [-0.2, 0) is 4.74 Å². The fourth-order valence-electron chi connectivity index (χ4n) is 4.62. The lowest BCUT2D eigenvalue weighted by Crippen LogP contribution is -2.55. The number of aliphatic hydroxyl groups excluding tert-OH is 1. The molecule has 2 saturated heterocycles. The summed E-state index contributed by atoms with van der Waals surface area (Å²) in [6.07, 6.45) is 2.63. The first kappa shape index (κ1) is 19.5. The summed E-state index contributed by atoms with van der Waals surface area (Å²) < 4.78 is 12.1. The average Bonchev–Trinajstić information content (AvgIpc) is 2.99. The highest BCUT2D eigenvalue weighted by molar-refractivity contribution is 5.97. The van der Waals surface area contributed by atoms with Crippen LogP contribution in [-0.4, -0.2) is 46.8 Å². The molecule has 2 fully saturated rings. The van der Waals surface area contributed by atoms with Crippen LogP contribution < -0.4 is 0 Å². The third-order valence-corrected chi connectivity index (χ3v) is 6.30. The molecule has 28 heavy (non-hydrogen) atoms. The van der Waals surface area contributed by atoms with Crippen LogP contribution in [0.1, 0.15) is 62.6 Å². The SMILES string of the molecule is Cc1cc2cc(C(=O)N3CCC4(CC3)C[C@H](O)C[C@H](C(C)(C)C)O4)ccc2o1. The van der Waals surface area contributed by atoms with Crippen molar-refractivity contribution in [3.8, 4) is 0 Å². The Morgan fingerprint density at radius 3 is 2.61 bits per heavy atom. The molecule has 3 heterocycles. The van der Waals surface area contributed by atoms with Gasteiger partial charge in [-0.05, 0) is 49.4 Å². The van der Waals surface area contributed by atoms with Crippen molar-refractivity contribution in [3.63, 3.8) is 0 Å². The van der Waals surface area contributed by atoms with Gasteiger partial charge in [0.05, 0.1) is 17.8 Å². The minimum Gasteiger partial charge on any atom is -0.461 e. The Bertz CT molecular complexity index is 870. The minimum absolute atomic E-state index is 0.000506. The molecule has 152 valence electrons. The maximum atomic E-state index is 13.0. The van der Waals surface area contributed by atoms with Crippen LogP contribution in [0.2, 0.25) is 0 Å². The van der Waals surface area contributed by atoms with Crippen LogP contribution in [0.5, 0.6) is 0 Å². The van der Waals surface area contributed by atoms with E-state index < -0.39 is 0 Å². The van der Waals surface area contributed by atoms with Gasteiger partial charge < -0.3 is 19.2 Å². The summed E-state index contributed by atoms with van der Waals surface area (Å²) in [5.74, 6) is 0.903. The van der Waals surface area contributed by atoms with E-state index >= 15 is 0 Å². The van der Waals surface area contributed by atoms with Gasteiger partial charge in [-0.2, -0.15) is 0 Å². The van der Waals surface area contributed by atoms with Crippen molar-refractivity contribution in [1.29, 1.82) is 0 Å². The van der Waals surface area contributed by atoms with Gasteiger partial charge in [-0.25, -0.2) is 0 Å². The predicted molar refractivity (Wildman–Crippen MR) is 108 cm³/mol. The number of hydrogen-bond donors (Lipinski definition) is 1. The van der Waals surface area contributed by atoms with E-state index in [1.807, 2.05) is 36.1 Å². The number of amides is 1. The molecule has 5 heteroatoms. The number of likely N-dealkylation sites (tertiary alicyclic amines) is 1. The Hall–Kier alpha value is -1.85. The van der Waals surface area contributed by atoms with Crippen molar-refractivity contribution in [2.45, 2.75) is 71.2 Å². The van der Waals surface area contributed by atoms with Gasteiger partial charge in [0.2, 0.25) is 0 Å². The van der Waals surface area contributed by atoms with Crippen molar-refractivity contribution in [1.82, 2.24) is 4.90 Å². The van der Waals surface area contributed by atoms with E-state index in [0.29, 0.717) is 31.5 Å². The number of rotatable bonds is 1. The van der Waals surface area contributed by atoms with Gasteiger partial charge in [-0.1, -0.05) is 20.8 Å². The second kappa shape index (κ2) is 6.89. The first-order valence-electron chi connectivity index (χ1n) is 10.3. The number of carbonyl (C=O) groups is 1. The zero-order valence-electron chi connectivity index (χ0n) is 17.3. The number of benzene rings is 1. The molecule has 4 rings (SSSR count). The average molecular weight is 386 g/mol. The summed E-state index contributed by atoms with van der Waals surface area (Å²) in [5.41, 5.74) is 1.20. The molecule has 0 unspecified atom stereocenters. The summed E-state index contributed by atoms with van der Waals surface area (Å²) in [7, 11) is 0. The fraction of sp³-hybridized carbons (Fsp3) is 0.609. The van der Waals surface area contributed by atoms with Crippen LogP contribution in [0.4, 0.5) is 0 Å². The van der Waals surface area contributed by atoms with E-state index in [2.05, 4.69) is 20.8 Å². The first-order chi connectivity index (χ1) is 13.2. The van der Waals surface area contributed by atoms with Crippen molar-refractivity contribution in [2.75, 3.05) is 13.1 Å². The van der Waals surface area contributed by atoms with Crippen LogP contribution in [0.3, 0.4) is 0 Å². The summed E-state index contributed by atoms with van der Waals surface area (Å²) in [6.45, 7) is 9.71. The number of ether oxygens (including phenoxy) is 1. The van der Waals surface area contributed by atoms with E-state index in [1.54, 1.807) is 0 Å². The summed E-state index contributed by atoms with van der Waals surface area (Å²) in [6, 6.07) is 7.58. The lowest BCUT2D eigenvalue weighted by molar-refractivity contribution is -0.205. The van der Waals surface area contributed by atoms with E-state index in [0.717, 1.165) is 29.6 Å². The summed E-state index contributed by atoms with van der Waals surface area (Å²) in [4.78, 5) is 14.9. The molecule has 2 atom stereocenters. The molecule has 0 aliphatic carbocycles. The largest absolute Gasteiger partial charge is 0.461 e. The summed E-state index contributed by atoms with van der Waals surface area (Å²) >= 11 is 0. The van der Waals surface area contributed by atoms with E-state index in [1.165, 1.54) is 0 Å². The number of hydrogen-bond acceptors (Lipinski definition) is 4. The Balaban J connectivity index is 1.46. The molecule has 0 saturated carbocycles. The van der Waals surface area contributed by atoms with Gasteiger partial charge in [-0.15, -0.1) is 0 Å². The Morgan fingerprint density at radius 1 is 1.21 bits per heavy atom. The molecule has 0 bridgehead atoms. The molecule has 1 amide bonds. The van der Waals surface area contributed by atoms with Gasteiger partial charge in [-0.3, -0.25) is 4.79 Å². The standard InChI is InChI=1S/C23H31NO4/c1-15-11-17-12-16(5-6-19(17)27-15)21(26)24-9-7-23(8-10-24)14-18(25)13-20(28-23)22(2,3)4/h5-6,11-12,18,20,25H,7-10,13-14H2,1-4H3/t18-,20-/m1/s1. The molecule has 1 aromatic carbocycles. The molecule has 5 nitrogen and oxygen atoms in total. The highest BCUT2D eigenvalue weighted by Gasteiger charge is 2.46. The molecule has 1 spiro atoms. The monoisotopic (exact) mass is 385 g/mol. The number of nitrogens with zero attached hydrogens (tertiary/aromatic N) is 1. The van der Waals surface area contributed by atoms with Crippen LogP contribution in [0, 0.1) is 12.3 Å². The van der Waals surface area contributed by atoms with Crippen LogP contribution in [0.15, 0.2) is 28.7 Å². The summed E-state index contributed by atoms with van der Waals surface area (Å²) in [5, 5.41) is 11.4. The Morgan fingerprint density at radius 2 is 1.93 bits per heavy atom. The molecular formula is C23H31NO4. The maximum absolute atomic E-state index is 13.0. The number of furan rings is 1. The zero-order chi connectivity index (χ0) is 20.1. The van der Waals surface area contributed by atoms with Crippen LogP contribution >= 0.6 is 0 Å². The smallest absolute Gasteiger partial charge is 0.253 e. The van der Waals surface area contributed by atoms with Gasteiger partial charge in [0, 0.05) is 36.9 Å². The molecule has 2 aliphatic rings. The third-order valence-electron chi connectivity index (χ3n) is 6.30. The molecule has 1 aromatic heterocycles. The van der Waals surface area contributed by atoms with Gasteiger partial charge in [0.15, 0.2) is 0 Å². The normalized spacial score (nSPS) is 25.4. The molecule has 2 aromatic rings. The number of fused-ring (bicyclic) bond motifs is 1. The molecule has 2 aliphatic heterocycles. The second-order valence-electron chi connectivity index (χ2n) is 9.65. The topological polar surface area (TPSA) is 62.9 Å². The molecule has 0 radical (unpaired) electrons. The molecule has 1 N–H and O–H groups in total. The van der Waals surface area contributed by atoms with E-state index in [4.69, 9.17) is 9.15 Å². The van der Waals surface area contributed by atoms with Gasteiger partial charge in [0.25, 0.3) is 5.91 Å². The first-order valence-corrected chi connectivity index (χ1v) is 10.3. The second-order valence-corrected chi connectivity index (χ2v) is 9.65. The number of piperidine rings is 1.